The Morgan fingerprint density at radius 3 is 2.53 bits per heavy atom. The molecule has 1 rings (SSSR count). The van der Waals surface area contributed by atoms with Gasteiger partial charge in [0.05, 0.1) is 18.8 Å². The molecule has 0 aliphatic rings. The van der Waals surface area contributed by atoms with Gasteiger partial charge in [0, 0.05) is 13.7 Å². The summed E-state index contributed by atoms with van der Waals surface area (Å²) in [6.07, 6.45) is 0.991. The molecule has 0 aliphatic carbocycles. The first-order chi connectivity index (χ1) is 9.17. The molecular formula is C15H24FNO2. The first kappa shape index (κ1) is 16.1. The zero-order valence-electron chi connectivity index (χ0n) is 12.0. The summed E-state index contributed by atoms with van der Waals surface area (Å²) in [5.41, 5.74) is 0.980. The topological polar surface area (TPSA) is 30.5 Å². The van der Waals surface area contributed by atoms with E-state index in [1.54, 1.807) is 19.2 Å². The van der Waals surface area contributed by atoms with Crippen molar-refractivity contribution >= 4 is 0 Å². The van der Waals surface area contributed by atoms with Crippen molar-refractivity contribution in [3.63, 3.8) is 0 Å². The monoisotopic (exact) mass is 269 g/mol. The average Bonchev–Trinajstić information content (AvgIpc) is 2.39. The van der Waals surface area contributed by atoms with Crippen LogP contribution in [0.15, 0.2) is 24.3 Å². The van der Waals surface area contributed by atoms with Gasteiger partial charge in [-0.2, -0.15) is 0 Å². The Morgan fingerprint density at radius 2 is 1.95 bits per heavy atom. The Bertz CT molecular complexity index is 343. The van der Waals surface area contributed by atoms with Crippen molar-refractivity contribution in [2.75, 3.05) is 26.8 Å². The molecule has 2 unspecified atom stereocenters. The van der Waals surface area contributed by atoms with Crippen LogP contribution in [0.3, 0.4) is 0 Å². The zero-order chi connectivity index (χ0) is 14.1. The fraction of sp³-hybridized carbons (Fsp3) is 0.600. The minimum atomic E-state index is -0.228. The van der Waals surface area contributed by atoms with Gasteiger partial charge in [-0.15, -0.1) is 0 Å². The van der Waals surface area contributed by atoms with Crippen LogP contribution in [-0.2, 0) is 9.47 Å². The Balaban J connectivity index is 2.64. The van der Waals surface area contributed by atoms with Crippen LogP contribution in [0.1, 0.15) is 31.9 Å². The van der Waals surface area contributed by atoms with E-state index in [0.717, 1.165) is 18.5 Å². The van der Waals surface area contributed by atoms with Crippen molar-refractivity contribution in [3.05, 3.63) is 35.6 Å². The lowest BCUT2D eigenvalue weighted by Gasteiger charge is -2.23. The molecule has 0 bridgehead atoms. The molecule has 0 radical (unpaired) electrons. The molecule has 1 N–H and O–H groups in total. The van der Waals surface area contributed by atoms with Gasteiger partial charge in [-0.05, 0) is 37.6 Å². The summed E-state index contributed by atoms with van der Waals surface area (Å²) in [5.74, 6) is -0.228. The molecule has 0 aliphatic heterocycles. The number of benzene rings is 1. The smallest absolute Gasteiger partial charge is 0.123 e. The molecular weight excluding hydrogens is 245 g/mol. The highest BCUT2D eigenvalue weighted by Crippen LogP contribution is 2.19. The lowest BCUT2D eigenvalue weighted by Crippen LogP contribution is -2.28. The van der Waals surface area contributed by atoms with Crippen LogP contribution >= 0.6 is 0 Å². The molecule has 0 saturated carbocycles. The predicted octanol–water partition coefficient (Wildman–Crippen LogP) is 2.92. The van der Waals surface area contributed by atoms with E-state index >= 15 is 0 Å². The van der Waals surface area contributed by atoms with Gasteiger partial charge in [-0.25, -0.2) is 4.39 Å². The van der Waals surface area contributed by atoms with Crippen molar-refractivity contribution in [3.8, 4) is 0 Å². The Morgan fingerprint density at radius 1 is 1.26 bits per heavy atom. The molecule has 1 aromatic rings. The Labute approximate surface area is 115 Å². The molecule has 0 saturated heterocycles. The number of hydrogen-bond donors (Lipinski definition) is 1. The molecule has 0 fully saturated rings. The highest BCUT2D eigenvalue weighted by molar-refractivity contribution is 5.19. The standard InChI is InChI=1S/C15H24FNO2/c1-4-9-17-10-15(19-12(2)11-18-3)13-5-7-14(16)8-6-13/h5-8,12,15,17H,4,9-11H2,1-3H3. The molecule has 108 valence electrons. The van der Waals surface area contributed by atoms with E-state index in [2.05, 4.69) is 12.2 Å². The van der Waals surface area contributed by atoms with Gasteiger partial charge in [-0.1, -0.05) is 19.1 Å². The molecule has 4 heteroatoms. The fourth-order valence-corrected chi connectivity index (χ4v) is 1.89. The number of rotatable bonds is 9. The van der Waals surface area contributed by atoms with Gasteiger partial charge in [-0.3, -0.25) is 0 Å². The maximum Gasteiger partial charge on any atom is 0.123 e. The van der Waals surface area contributed by atoms with Crippen molar-refractivity contribution in [1.29, 1.82) is 0 Å². The minimum absolute atomic E-state index is 0.00322. The van der Waals surface area contributed by atoms with Crippen LogP contribution in [0.2, 0.25) is 0 Å². The van der Waals surface area contributed by atoms with E-state index < -0.39 is 0 Å². The molecule has 0 amide bonds. The second kappa shape index (κ2) is 9.02. The quantitative estimate of drug-likeness (QED) is 0.699. The highest BCUT2D eigenvalue weighted by Gasteiger charge is 2.15. The third-order valence-corrected chi connectivity index (χ3v) is 2.80. The maximum atomic E-state index is 13.0. The lowest BCUT2D eigenvalue weighted by molar-refractivity contribution is -0.0393. The van der Waals surface area contributed by atoms with Crippen LogP contribution < -0.4 is 5.32 Å². The third-order valence-electron chi connectivity index (χ3n) is 2.80. The average molecular weight is 269 g/mol. The van der Waals surface area contributed by atoms with Crippen molar-refractivity contribution < 1.29 is 13.9 Å². The van der Waals surface area contributed by atoms with Crippen molar-refractivity contribution in [1.82, 2.24) is 5.32 Å². The number of halogens is 1. The van der Waals surface area contributed by atoms with Crippen LogP contribution in [0.4, 0.5) is 4.39 Å². The Hall–Kier alpha value is -0.970. The van der Waals surface area contributed by atoms with Gasteiger partial charge in [0.15, 0.2) is 0 Å². The van der Waals surface area contributed by atoms with Gasteiger partial charge < -0.3 is 14.8 Å². The summed E-state index contributed by atoms with van der Waals surface area (Å²) in [5, 5.41) is 3.34. The first-order valence-corrected chi connectivity index (χ1v) is 6.78. The number of hydrogen-bond acceptors (Lipinski definition) is 3. The predicted molar refractivity (Wildman–Crippen MR) is 74.7 cm³/mol. The zero-order valence-corrected chi connectivity index (χ0v) is 12.0. The van der Waals surface area contributed by atoms with E-state index in [9.17, 15) is 4.39 Å². The van der Waals surface area contributed by atoms with E-state index in [1.165, 1.54) is 12.1 Å². The van der Waals surface area contributed by atoms with Crippen LogP contribution in [0, 0.1) is 5.82 Å². The van der Waals surface area contributed by atoms with E-state index in [4.69, 9.17) is 9.47 Å². The van der Waals surface area contributed by atoms with E-state index in [-0.39, 0.29) is 18.0 Å². The largest absolute Gasteiger partial charge is 0.382 e. The molecule has 2 atom stereocenters. The van der Waals surface area contributed by atoms with Gasteiger partial charge >= 0.3 is 0 Å². The van der Waals surface area contributed by atoms with Gasteiger partial charge in [0.1, 0.15) is 5.82 Å². The summed E-state index contributed by atoms with van der Waals surface area (Å²) < 4.78 is 24.0. The second-order valence-electron chi connectivity index (χ2n) is 4.65. The molecule has 0 spiro atoms. The maximum absolute atomic E-state index is 13.0. The number of nitrogens with one attached hydrogen (secondary N) is 1. The summed E-state index contributed by atoms with van der Waals surface area (Å²) in [7, 11) is 1.65. The summed E-state index contributed by atoms with van der Waals surface area (Å²) in [6, 6.07) is 6.47. The first-order valence-electron chi connectivity index (χ1n) is 6.78. The molecule has 19 heavy (non-hydrogen) atoms. The number of ether oxygens (including phenoxy) is 2. The molecule has 1 aromatic carbocycles. The van der Waals surface area contributed by atoms with Gasteiger partial charge in [0.2, 0.25) is 0 Å². The summed E-state index contributed by atoms with van der Waals surface area (Å²) in [4.78, 5) is 0. The normalized spacial score (nSPS) is 14.3. The van der Waals surface area contributed by atoms with Gasteiger partial charge in [0.25, 0.3) is 0 Å². The van der Waals surface area contributed by atoms with Crippen molar-refractivity contribution in [2.45, 2.75) is 32.5 Å². The SMILES string of the molecule is CCCNCC(OC(C)COC)c1ccc(F)cc1. The van der Waals surface area contributed by atoms with Crippen LogP contribution in [0.25, 0.3) is 0 Å². The second-order valence-corrected chi connectivity index (χ2v) is 4.65. The minimum Gasteiger partial charge on any atom is -0.382 e. The molecule has 3 nitrogen and oxygen atoms in total. The Kier molecular flexibility index (Phi) is 7.63. The fourth-order valence-electron chi connectivity index (χ4n) is 1.89. The highest BCUT2D eigenvalue weighted by atomic mass is 19.1. The van der Waals surface area contributed by atoms with Crippen LogP contribution in [0.5, 0.6) is 0 Å². The summed E-state index contributed by atoms with van der Waals surface area (Å²) >= 11 is 0. The van der Waals surface area contributed by atoms with Crippen LogP contribution in [-0.4, -0.2) is 32.9 Å². The van der Waals surface area contributed by atoms with Crippen molar-refractivity contribution in [2.24, 2.45) is 0 Å². The number of methoxy groups -OCH3 is 1. The lowest BCUT2D eigenvalue weighted by atomic mass is 10.1. The van der Waals surface area contributed by atoms with E-state index in [1.807, 2.05) is 6.92 Å². The molecule has 0 heterocycles. The third kappa shape index (κ3) is 6.14. The van der Waals surface area contributed by atoms with E-state index in [0.29, 0.717) is 13.2 Å². The summed E-state index contributed by atoms with van der Waals surface area (Å²) in [6.45, 7) is 6.30. The molecule has 0 aromatic heterocycles.